The second-order valence-corrected chi connectivity index (χ2v) is 4.46. The Morgan fingerprint density at radius 2 is 2.06 bits per heavy atom. The van der Waals surface area contributed by atoms with E-state index in [0.717, 1.165) is 17.3 Å². The number of benzene rings is 1. The molecule has 0 fully saturated rings. The summed E-state index contributed by atoms with van der Waals surface area (Å²) in [6.45, 7) is 1.78. The average Bonchev–Trinajstić information content (AvgIpc) is 2.17. The first-order valence-electron chi connectivity index (χ1n) is 4.54. The van der Waals surface area contributed by atoms with Crippen LogP contribution in [0.25, 0.3) is 0 Å². The van der Waals surface area contributed by atoms with Crippen molar-refractivity contribution in [2.45, 2.75) is 24.1 Å². The van der Waals surface area contributed by atoms with Gasteiger partial charge >= 0.3 is 6.18 Å². The fraction of sp³-hybridized carbons (Fsp3) is 0.400. The van der Waals surface area contributed by atoms with Crippen molar-refractivity contribution in [3.05, 3.63) is 23.8 Å². The number of alkyl halides is 3. The van der Waals surface area contributed by atoms with E-state index in [-0.39, 0.29) is 0 Å². The van der Waals surface area contributed by atoms with E-state index in [1.54, 1.807) is 25.1 Å². The largest absolute Gasteiger partial charge is 0.415 e. The smallest absolute Gasteiger partial charge is 0.399 e. The molecule has 0 aromatic heterocycles. The molecule has 0 spiro atoms. The summed E-state index contributed by atoms with van der Waals surface area (Å²) in [6.07, 6.45) is -6.88. The number of thioether (sulfide) groups is 1. The zero-order valence-electron chi connectivity index (χ0n) is 8.58. The molecular formula is C10H12F3NOS. The van der Waals surface area contributed by atoms with Crippen LogP contribution in [0.3, 0.4) is 0 Å². The first-order valence-corrected chi connectivity index (χ1v) is 5.53. The van der Waals surface area contributed by atoms with Crippen molar-refractivity contribution in [2.75, 3.05) is 11.5 Å². The van der Waals surface area contributed by atoms with E-state index in [1.165, 1.54) is 0 Å². The molecular weight excluding hydrogens is 239 g/mol. The van der Waals surface area contributed by atoms with Crippen LogP contribution in [0.15, 0.2) is 23.1 Å². The van der Waals surface area contributed by atoms with Gasteiger partial charge in [-0.25, -0.2) is 0 Å². The summed E-state index contributed by atoms with van der Waals surface area (Å²) < 4.78 is 36.1. The Labute approximate surface area is 95.6 Å². The Balaban J connectivity index is 2.64. The monoisotopic (exact) mass is 251 g/mol. The maximum Gasteiger partial charge on any atom is 0.415 e. The second kappa shape index (κ2) is 4.97. The van der Waals surface area contributed by atoms with Gasteiger partial charge in [0.15, 0.2) is 6.10 Å². The Hall–Kier alpha value is -0.880. The zero-order chi connectivity index (χ0) is 12.3. The second-order valence-electron chi connectivity index (χ2n) is 3.39. The summed E-state index contributed by atoms with van der Waals surface area (Å²) in [7, 11) is 0. The van der Waals surface area contributed by atoms with Gasteiger partial charge in [-0.15, -0.1) is 11.8 Å². The van der Waals surface area contributed by atoms with E-state index in [4.69, 9.17) is 10.8 Å². The third kappa shape index (κ3) is 3.61. The molecule has 0 aliphatic carbocycles. The molecule has 1 unspecified atom stereocenters. The SMILES string of the molecule is Cc1ccc(N)cc1SCC(O)C(F)(F)F. The van der Waals surface area contributed by atoms with Gasteiger partial charge in [-0.1, -0.05) is 6.07 Å². The van der Waals surface area contributed by atoms with Crippen molar-refractivity contribution in [2.24, 2.45) is 0 Å². The van der Waals surface area contributed by atoms with Gasteiger partial charge < -0.3 is 10.8 Å². The highest BCUT2D eigenvalue weighted by Gasteiger charge is 2.37. The van der Waals surface area contributed by atoms with Crippen molar-refractivity contribution in [1.82, 2.24) is 0 Å². The van der Waals surface area contributed by atoms with Crippen LogP contribution >= 0.6 is 11.8 Å². The lowest BCUT2D eigenvalue weighted by Crippen LogP contribution is -2.30. The van der Waals surface area contributed by atoms with Gasteiger partial charge in [-0.2, -0.15) is 13.2 Å². The van der Waals surface area contributed by atoms with Gasteiger partial charge in [0.25, 0.3) is 0 Å². The van der Waals surface area contributed by atoms with Crippen LogP contribution in [0.2, 0.25) is 0 Å². The lowest BCUT2D eigenvalue weighted by Gasteiger charge is -2.14. The highest BCUT2D eigenvalue weighted by Crippen LogP contribution is 2.29. The van der Waals surface area contributed by atoms with E-state index < -0.39 is 18.0 Å². The molecule has 2 nitrogen and oxygen atoms in total. The molecule has 3 N–H and O–H groups in total. The van der Waals surface area contributed by atoms with Gasteiger partial charge in [0.1, 0.15) is 0 Å². The van der Waals surface area contributed by atoms with Crippen LogP contribution in [-0.2, 0) is 0 Å². The topological polar surface area (TPSA) is 46.2 Å². The highest BCUT2D eigenvalue weighted by atomic mass is 32.2. The molecule has 1 atom stereocenters. The van der Waals surface area contributed by atoms with Crippen molar-refractivity contribution in [1.29, 1.82) is 0 Å². The molecule has 16 heavy (non-hydrogen) atoms. The number of aliphatic hydroxyl groups excluding tert-OH is 1. The average molecular weight is 251 g/mol. The highest BCUT2D eigenvalue weighted by molar-refractivity contribution is 7.99. The normalized spacial score (nSPS) is 13.8. The van der Waals surface area contributed by atoms with E-state index >= 15 is 0 Å². The summed E-state index contributed by atoms with van der Waals surface area (Å²) >= 11 is 0.946. The lowest BCUT2D eigenvalue weighted by atomic mass is 10.2. The van der Waals surface area contributed by atoms with Crippen molar-refractivity contribution in [3.8, 4) is 0 Å². The summed E-state index contributed by atoms with van der Waals surface area (Å²) in [6, 6.07) is 5.01. The van der Waals surface area contributed by atoms with Gasteiger partial charge in [-0.05, 0) is 24.6 Å². The summed E-state index contributed by atoms with van der Waals surface area (Å²) in [5.41, 5.74) is 6.86. The van der Waals surface area contributed by atoms with E-state index in [0.29, 0.717) is 10.6 Å². The Morgan fingerprint density at radius 3 is 2.62 bits per heavy atom. The van der Waals surface area contributed by atoms with E-state index in [9.17, 15) is 13.2 Å². The fourth-order valence-corrected chi connectivity index (χ4v) is 2.08. The standard InChI is InChI=1S/C10H12F3NOS/c1-6-2-3-7(14)4-8(6)16-5-9(15)10(11,12)13/h2-4,9,15H,5,14H2,1H3. The van der Waals surface area contributed by atoms with Gasteiger partial charge in [0, 0.05) is 16.3 Å². The quantitative estimate of drug-likeness (QED) is 0.641. The number of anilines is 1. The van der Waals surface area contributed by atoms with Crippen LogP contribution in [0, 0.1) is 6.92 Å². The van der Waals surface area contributed by atoms with Crippen LogP contribution < -0.4 is 5.73 Å². The molecule has 1 aromatic carbocycles. The molecule has 0 saturated carbocycles. The van der Waals surface area contributed by atoms with Crippen molar-refractivity contribution in [3.63, 3.8) is 0 Å². The predicted molar refractivity (Wildman–Crippen MR) is 58.4 cm³/mol. The number of halogens is 3. The maximum atomic E-state index is 12.0. The molecule has 0 heterocycles. The minimum absolute atomic E-state index is 0.423. The molecule has 1 rings (SSSR count). The predicted octanol–water partition coefficient (Wildman–Crippen LogP) is 2.59. The number of hydrogen-bond donors (Lipinski definition) is 2. The van der Waals surface area contributed by atoms with Crippen molar-refractivity contribution >= 4 is 17.4 Å². The Kier molecular flexibility index (Phi) is 4.09. The van der Waals surface area contributed by atoms with Crippen LogP contribution in [-0.4, -0.2) is 23.1 Å². The maximum absolute atomic E-state index is 12.0. The minimum atomic E-state index is -4.57. The molecule has 0 bridgehead atoms. The zero-order valence-corrected chi connectivity index (χ0v) is 9.40. The minimum Gasteiger partial charge on any atom is -0.399 e. The third-order valence-electron chi connectivity index (χ3n) is 1.99. The lowest BCUT2D eigenvalue weighted by molar-refractivity contribution is -0.195. The number of aliphatic hydroxyl groups is 1. The summed E-state index contributed by atoms with van der Waals surface area (Å²) in [5.74, 6) is -0.423. The first kappa shape index (κ1) is 13.2. The number of hydrogen-bond acceptors (Lipinski definition) is 3. The van der Waals surface area contributed by atoms with Gasteiger partial charge in [0.2, 0.25) is 0 Å². The molecule has 0 saturated heterocycles. The summed E-state index contributed by atoms with van der Waals surface area (Å²) in [5, 5.41) is 8.83. The Morgan fingerprint density at radius 1 is 1.44 bits per heavy atom. The molecule has 1 aromatic rings. The van der Waals surface area contributed by atoms with Gasteiger partial charge in [0.05, 0.1) is 0 Å². The first-order chi connectivity index (χ1) is 7.30. The van der Waals surface area contributed by atoms with Crippen LogP contribution in [0.1, 0.15) is 5.56 Å². The molecule has 0 aliphatic heterocycles. The van der Waals surface area contributed by atoms with Gasteiger partial charge in [-0.3, -0.25) is 0 Å². The van der Waals surface area contributed by atoms with Crippen LogP contribution in [0.4, 0.5) is 18.9 Å². The van der Waals surface area contributed by atoms with Crippen molar-refractivity contribution < 1.29 is 18.3 Å². The third-order valence-corrected chi connectivity index (χ3v) is 3.22. The van der Waals surface area contributed by atoms with E-state index in [2.05, 4.69) is 0 Å². The summed E-state index contributed by atoms with van der Waals surface area (Å²) in [4.78, 5) is 0.656. The van der Waals surface area contributed by atoms with E-state index in [1.807, 2.05) is 0 Å². The fourth-order valence-electron chi connectivity index (χ4n) is 1.04. The Bertz CT molecular complexity index is 368. The molecule has 90 valence electrons. The molecule has 0 radical (unpaired) electrons. The number of aryl methyl sites for hydroxylation is 1. The molecule has 6 heteroatoms. The number of nitrogen functional groups attached to an aromatic ring is 1. The molecule has 0 aliphatic rings. The number of rotatable bonds is 3. The number of nitrogens with two attached hydrogens (primary N) is 1. The molecule has 0 amide bonds. The van der Waals surface area contributed by atoms with Crippen LogP contribution in [0.5, 0.6) is 0 Å².